The second-order valence-corrected chi connectivity index (χ2v) is 5.73. The second-order valence-electron chi connectivity index (χ2n) is 4.89. The normalized spacial score (nSPS) is 12.0. The van der Waals surface area contributed by atoms with Crippen molar-refractivity contribution in [1.29, 1.82) is 5.41 Å². The predicted octanol–water partition coefficient (Wildman–Crippen LogP) is 4.47. The molecule has 0 spiro atoms. The Hall–Kier alpha value is -1.71. The molecule has 110 valence electrons. The first kappa shape index (κ1) is 15.7. The zero-order valence-electron chi connectivity index (χ0n) is 11.9. The summed E-state index contributed by atoms with van der Waals surface area (Å²) in [4.78, 5) is 2.05. The average Bonchev–Trinajstić information content (AvgIpc) is 2.46. The van der Waals surface area contributed by atoms with E-state index in [0.29, 0.717) is 15.6 Å². The van der Waals surface area contributed by atoms with E-state index in [1.807, 2.05) is 48.3 Å². The summed E-state index contributed by atoms with van der Waals surface area (Å²) in [5, 5.41) is 8.92. The highest BCUT2D eigenvalue weighted by molar-refractivity contribution is 6.34. The fourth-order valence-electron chi connectivity index (χ4n) is 2.25. The summed E-state index contributed by atoms with van der Waals surface area (Å²) in [7, 11) is 1.96. The van der Waals surface area contributed by atoms with Crippen LogP contribution in [0.25, 0.3) is 0 Å². The number of nitrogen functional groups attached to an aromatic ring is 1. The second kappa shape index (κ2) is 6.37. The molecule has 2 aromatic rings. The third-order valence-corrected chi connectivity index (χ3v) is 4.14. The topological polar surface area (TPSA) is 53.1 Å². The molecule has 5 heteroatoms. The van der Waals surface area contributed by atoms with Gasteiger partial charge in [0.25, 0.3) is 0 Å². The van der Waals surface area contributed by atoms with E-state index in [2.05, 4.69) is 6.92 Å². The lowest BCUT2D eigenvalue weighted by molar-refractivity contribution is 0.739. The first-order chi connectivity index (χ1) is 9.91. The molecule has 0 bridgehead atoms. The first-order valence-electron chi connectivity index (χ1n) is 6.53. The molecule has 3 N–H and O–H groups in total. The van der Waals surface area contributed by atoms with E-state index in [1.165, 1.54) is 0 Å². The molecule has 2 rings (SSSR count). The molecule has 0 aliphatic heterocycles. The van der Waals surface area contributed by atoms with Gasteiger partial charge in [-0.25, -0.2) is 0 Å². The highest BCUT2D eigenvalue weighted by Gasteiger charge is 2.18. The van der Waals surface area contributed by atoms with E-state index in [0.717, 1.165) is 11.3 Å². The van der Waals surface area contributed by atoms with Gasteiger partial charge in [0.2, 0.25) is 0 Å². The molecule has 21 heavy (non-hydrogen) atoms. The van der Waals surface area contributed by atoms with Gasteiger partial charge < -0.3 is 10.6 Å². The van der Waals surface area contributed by atoms with Crippen molar-refractivity contribution in [2.45, 2.75) is 13.0 Å². The highest BCUT2D eigenvalue weighted by atomic mass is 35.5. The summed E-state index contributed by atoms with van der Waals surface area (Å²) in [6.45, 7) is 2.08. The quantitative estimate of drug-likeness (QED) is 0.644. The van der Waals surface area contributed by atoms with Crippen LogP contribution in [-0.4, -0.2) is 12.9 Å². The molecule has 0 saturated carbocycles. The van der Waals surface area contributed by atoms with Crippen molar-refractivity contribution in [1.82, 2.24) is 0 Å². The summed E-state index contributed by atoms with van der Waals surface area (Å²) >= 11 is 12.1. The van der Waals surface area contributed by atoms with Crippen molar-refractivity contribution < 1.29 is 0 Å². The van der Waals surface area contributed by atoms with Gasteiger partial charge in [-0.3, -0.25) is 5.41 Å². The van der Waals surface area contributed by atoms with Crippen LogP contribution < -0.4 is 10.6 Å². The number of rotatable bonds is 4. The standard InChI is InChI=1S/C16H17Cl2N3/c1-10(11-6-8-12(17)9-7-11)21(2)14-5-3-4-13(18)15(14)16(19)20/h3-10H,1-2H3,(H3,19,20). The van der Waals surface area contributed by atoms with Gasteiger partial charge in [-0.2, -0.15) is 0 Å². The summed E-state index contributed by atoms with van der Waals surface area (Å²) < 4.78 is 0. The van der Waals surface area contributed by atoms with Crippen LogP contribution >= 0.6 is 23.2 Å². The van der Waals surface area contributed by atoms with Crippen molar-refractivity contribution in [2.24, 2.45) is 5.73 Å². The monoisotopic (exact) mass is 321 g/mol. The maximum absolute atomic E-state index is 7.73. The van der Waals surface area contributed by atoms with Gasteiger partial charge in [0.05, 0.1) is 16.6 Å². The largest absolute Gasteiger partial charge is 0.384 e. The zero-order chi connectivity index (χ0) is 15.6. The van der Waals surface area contributed by atoms with Gasteiger partial charge in [0.15, 0.2) is 0 Å². The Morgan fingerprint density at radius 3 is 2.33 bits per heavy atom. The first-order valence-corrected chi connectivity index (χ1v) is 7.28. The number of hydrogen-bond acceptors (Lipinski definition) is 2. The number of nitrogens with zero attached hydrogens (tertiary/aromatic N) is 1. The molecule has 0 aliphatic rings. The van der Waals surface area contributed by atoms with E-state index < -0.39 is 0 Å². The lowest BCUT2D eigenvalue weighted by Gasteiger charge is -2.29. The van der Waals surface area contributed by atoms with Crippen molar-refractivity contribution >= 4 is 34.7 Å². The van der Waals surface area contributed by atoms with Gasteiger partial charge in [0.1, 0.15) is 5.84 Å². The summed E-state index contributed by atoms with van der Waals surface area (Å²) in [6, 6.07) is 13.3. The number of hydrogen-bond donors (Lipinski definition) is 2. The molecule has 0 saturated heterocycles. The van der Waals surface area contributed by atoms with E-state index in [9.17, 15) is 0 Å². The Balaban J connectivity index is 2.40. The van der Waals surface area contributed by atoms with E-state index >= 15 is 0 Å². The highest BCUT2D eigenvalue weighted by Crippen LogP contribution is 2.32. The minimum atomic E-state index is -0.0363. The maximum atomic E-state index is 7.73. The van der Waals surface area contributed by atoms with E-state index in [1.54, 1.807) is 6.07 Å². The molecular formula is C16H17Cl2N3. The van der Waals surface area contributed by atoms with Crippen LogP contribution in [0.4, 0.5) is 5.69 Å². The molecule has 1 atom stereocenters. The van der Waals surface area contributed by atoms with Gasteiger partial charge in [-0.15, -0.1) is 0 Å². The van der Waals surface area contributed by atoms with Crippen molar-refractivity contribution in [2.75, 3.05) is 11.9 Å². The number of nitrogens with one attached hydrogen (secondary N) is 1. The van der Waals surface area contributed by atoms with Crippen LogP contribution in [-0.2, 0) is 0 Å². The molecule has 0 radical (unpaired) electrons. The SMILES string of the molecule is CC(c1ccc(Cl)cc1)N(C)c1cccc(Cl)c1C(=N)N. The Bertz CT molecular complexity index is 653. The van der Waals surface area contributed by atoms with Crippen LogP contribution in [0.5, 0.6) is 0 Å². The number of halogens is 2. The van der Waals surface area contributed by atoms with Crippen molar-refractivity contribution in [3.8, 4) is 0 Å². The molecule has 0 amide bonds. The zero-order valence-corrected chi connectivity index (χ0v) is 13.4. The average molecular weight is 322 g/mol. The molecule has 3 nitrogen and oxygen atoms in total. The Morgan fingerprint density at radius 1 is 1.14 bits per heavy atom. The molecule has 0 heterocycles. The van der Waals surface area contributed by atoms with E-state index in [-0.39, 0.29) is 11.9 Å². The van der Waals surface area contributed by atoms with Crippen LogP contribution in [0, 0.1) is 5.41 Å². The van der Waals surface area contributed by atoms with Gasteiger partial charge in [0, 0.05) is 17.8 Å². The summed E-state index contributed by atoms with van der Waals surface area (Å²) in [6.07, 6.45) is 0. The number of benzene rings is 2. The maximum Gasteiger partial charge on any atom is 0.126 e. The Morgan fingerprint density at radius 2 is 1.76 bits per heavy atom. The number of anilines is 1. The van der Waals surface area contributed by atoms with Gasteiger partial charge in [-0.1, -0.05) is 41.4 Å². The fraction of sp³-hybridized carbons (Fsp3) is 0.188. The van der Waals surface area contributed by atoms with Crippen molar-refractivity contribution in [3.05, 3.63) is 63.6 Å². The Labute approximate surface area is 134 Å². The third kappa shape index (κ3) is 3.31. The molecule has 0 aliphatic carbocycles. The van der Waals surface area contributed by atoms with Crippen LogP contribution in [0.15, 0.2) is 42.5 Å². The minimum Gasteiger partial charge on any atom is -0.384 e. The summed E-state index contributed by atoms with van der Waals surface area (Å²) in [5.74, 6) is -0.0363. The van der Waals surface area contributed by atoms with Crippen molar-refractivity contribution in [3.63, 3.8) is 0 Å². The predicted molar refractivity (Wildman–Crippen MR) is 90.7 cm³/mol. The smallest absolute Gasteiger partial charge is 0.126 e. The molecule has 0 fully saturated rings. The number of amidine groups is 1. The van der Waals surface area contributed by atoms with Crippen LogP contribution in [0.2, 0.25) is 10.0 Å². The fourth-order valence-corrected chi connectivity index (χ4v) is 2.64. The minimum absolute atomic E-state index is 0.0363. The van der Waals surface area contributed by atoms with Gasteiger partial charge in [-0.05, 0) is 36.8 Å². The molecular weight excluding hydrogens is 305 g/mol. The van der Waals surface area contributed by atoms with Crippen LogP contribution in [0.3, 0.4) is 0 Å². The van der Waals surface area contributed by atoms with E-state index in [4.69, 9.17) is 34.3 Å². The summed E-state index contributed by atoms with van der Waals surface area (Å²) in [5.41, 5.74) is 8.18. The third-order valence-electron chi connectivity index (χ3n) is 3.57. The lowest BCUT2D eigenvalue weighted by atomic mass is 10.0. The molecule has 2 aromatic carbocycles. The van der Waals surface area contributed by atoms with Crippen LogP contribution in [0.1, 0.15) is 24.1 Å². The lowest BCUT2D eigenvalue weighted by Crippen LogP contribution is -2.25. The number of nitrogens with two attached hydrogens (primary N) is 1. The molecule has 1 unspecified atom stereocenters. The Kier molecular flexibility index (Phi) is 4.76. The molecule has 0 aromatic heterocycles. The van der Waals surface area contributed by atoms with Gasteiger partial charge >= 0.3 is 0 Å².